The minimum Gasteiger partial charge on any atom is -0.398 e. The van der Waals surface area contributed by atoms with Crippen molar-refractivity contribution < 1.29 is 4.79 Å². The lowest BCUT2D eigenvalue weighted by Gasteiger charge is -2.31. The van der Waals surface area contributed by atoms with E-state index in [0.717, 1.165) is 34.8 Å². The Morgan fingerprint density at radius 1 is 1.37 bits per heavy atom. The third-order valence-corrected chi connectivity index (χ3v) is 4.43. The number of nitrogen functional groups attached to an aromatic ring is 1. The number of aryl methyl sites for hydroxylation is 1. The molecule has 1 amide bonds. The Labute approximate surface area is 120 Å². The standard InChI is InChI=1S/C15H26N2OS/c1-6-12(7-2)17(9-10(3)4)15(18)14-8-13(16)11(5)19-14/h8,10,12H,6-7,9,16H2,1-5H3. The fraction of sp³-hybridized carbons (Fsp3) is 0.667. The quantitative estimate of drug-likeness (QED) is 0.859. The van der Waals surface area contributed by atoms with E-state index in [-0.39, 0.29) is 5.91 Å². The van der Waals surface area contributed by atoms with Crippen LogP contribution in [0.5, 0.6) is 0 Å². The van der Waals surface area contributed by atoms with Crippen LogP contribution in [0.3, 0.4) is 0 Å². The average Bonchev–Trinajstić information content (AvgIpc) is 2.68. The summed E-state index contributed by atoms with van der Waals surface area (Å²) in [5.74, 6) is 0.607. The third-order valence-electron chi connectivity index (χ3n) is 3.37. The van der Waals surface area contributed by atoms with Crippen molar-refractivity contribution in [3.05, 3.63) is 15.8 Å². The molecule has 2 N–H and O–H groups in total. The molecular formula is C15H26N2OS. The van der Waals surface area contributed by atoms with Gasteiger partial charge in [-0.3, -0.25) is 4.79 Å². The van der Waals surface area contributed by atoms with Crippen molar-refractivity contribution in [2.45, 2.75) is 53.5 Å². The summed E-state index contributed by atoms with van der Waals surface area (Å²) in [6.45, 7) is 11.3. The Kier molecular flexibility index (Phi) is 5.85. The van der Waals surface area contributed by atoms with E-state index in [1.54, 1.807) is 0 Å². The van der Waals surface area contributed by atoms with E-state index >= 15 is 0 Å². The number of anilines is 1. The molecule has 0 aromatic carbocycles. The number of rotatable bonds is 6. The van der Waals surface area contributed by atoms with Gasteiger partial charge in [-0.2, -0.15) is 0 Å². The van der Waals surface area contributed by atoms with Crippen molar-refractivity contribution in [3.63, 3.8) is 0 Å². The van der Waals surface area contributed by atoms with Gasteiger partial charge in [0, 0.05) is 23.2 Å². The average molecular weight is 282 g/mol. The van der Waals surface area contributed by atoms with Gasteiger partial charge >= 0.3 is 0 Å². The van der Waals surface area contributed by atoms with Crippen LogP contribution in [-0.2, 0) is 0 Å². The summed E-state index contributed by atoms with van der Waals surface area (Å²) < 4.78 is 0. The van der Waals surface area contributed by atoms with Crippen LogP contribution in [0.25, 0.3) is 0 Å². The molecule has 0 atom stereocenters. The molecule has 19 heavy (non-hydrogen) atoms. The summed E-state index contributed by atoms with van der Waals surface area (Å²) in [5.41, 5.74) is 6.59. The second-order valence-electron chi connectivity index (χ2n) is 5.44. The maximum Gasteiger partial charge on any atom is 0.264 e. The van der Waals surface area contributed by atoms with E-state index in [2.05, 4.69) is 27.7 Å². The van der Waals surface area contributed by atoms with Crippen LogP contribution in [-0.4, -0.2) is 23.4 Å². The molecule has 1 aromatic heterocycles. The van der Waals surface area contributed by atoms with Crippen molar-refractivity contribution >= 4 is 22.9 Å². The summed E-state index contributed by atoms with van der Waals surface area (Å²) in [5, 5.41) is 0. The summed E-state index contributed by atoms with van der Waals surface area (Å²) in [6, 6.07) is 2.14. The molecule has 1 rings (SSSR count). The van der Waals surface area contributed by atoms with Gasteiger partial charge in [0.25, 0.3) is 5.91 Å². The van der Waals surface area contributed by atoms with E-state index in [0.29, 0.717) is 12.0 Å². The SMILES string of the molecule is CCC(CC)N(CC(C)C)C(=O)c1cc(N)c(C)s1. The highest BCUT2D eigenvalue weighted by molar-refractivity contribution is 7.14. The number of carbonyl (C=O) groups excluding carboxylic acids is 1. The van der Waals surface area contributed by atoms with Gasteiger partial charge in [0.15, 0.2) is 0 Å². The summed E-state index contributed by atoms with van der Waals surface area (Å²) in [7, 11) is 0. The molecule has 0 radical (unpaired) electrons. The smallest absolute Gasteiger partial charge is 0.264 e. The number of hydrogen-bond acceptors (Lipinski definition) is 3. The normalized spacial score (nSPS) is 11.3. The van der Waals surface area contributed by atoms with Crippen LogP contribution >= 0.6 is 11.3 Å². The van der Waals surface area contributed by atoms with E-state index in [9.17, 15) is 4.79 Å². The first-order valence-electron chi connectivity index (χ1n) is 7.07. The monoisotopic (exact) mass is 282 g/mol. The van der Waals surface area contributed by atoms with Crippen molar-refractivity contribution in [1.82, 2.24) is 4.90 Å². The van der Waals surface area contributed by atoms with Crippen LogP contribution in [0.2, 0.25) is 0 Å². The van der Waals surface area contributed by atoms with Crippen molar-refractivity contribution in [2.24, 2.45) is 5.92 Å². The molecular weight excluding hydrogens is 256 g/mol. The first-order valence-corrected chi connectivity index (χ1v) is 7.89. The fourth-order valence-corrected chi connectivity index (χ4v) is 3.16. The molecule has 4 heteroatoms. The second-order valence-corrected chi connectivity index (χ2v) is 6.70. The fourth-order valence-electron chi connectivity index (χ4n) is 2.26. The van der Waals surface area contributed by atoms with Crippen LogP contribution < -0.4 is 5.73 Å². The van der Waals surface area contributed by atoms with Gasteiger partial charge in [0.05, 0.1) is 4.88 Å². The zero-order valence-electron chi connectivity index (χ0n) is 12.7. The lowest BCUT2D eigenvalue weighted by Crippen LogP contribution is -2.41. The van der Waals surface area contributed by atoms with E-state index in [1.807, 2.05) is 17.9 Å². The van der Waals surface area contributed by atoms with Gasteiger partial charge in [-0.1, -0.05) is 27.7 Å². The van der Waals surface area contributed by atoms with Crippen LogP contribution in [0.15, 0.2) is 6.07 Å². The molecule has 1 aromatic rings. The molecule has 3 nitrogen and oxygen atoms in total. The zero-order chi connectivity index (χ0) is 14.6. The van der Waals surface area contributed by atoms with Gasteiger partial charge in [-0.15, -0.1) is 11.3 Å². The van der Waals surface area contributed by atoms with Crippen LogP contribution in [0.1, 0.15) is 55.1 Å². The Hall–Kier alpha value is -1.03. The van der Waals surface area contributed by atoms with Crippen LogP contribution in [0.4, 0.5) is 5.69 Å². The Balaban J connectivity index is 2.99. The maximum absolute atomic E-state index is 12.7. The molecule has 0 saturated heterocycles. The Bertz CT molecular complexity index is 402. The second kappa shape index (κ2) is 6.94. The molecule has 1 heterocycles. The summed E-state index contributed by atoms with van der Waals surface area (Å²) in [6.07, 6.45) is 1.99. The number of carbonyl (C=O) groups is 1. The highest BCUT2D eigenvalue weighted by Crippen LogP contribution is 2.26. The topological polar surface area (TPSA) is 46.3 Å². The molecule has 0 aliphatic rings. The van der Waals surface area contributed by atoms with Gasteiger partial charge in [0.1, 0.15) is 0 Å². The molecule has 0 aliphatic heterocycles. The zero-order valence-corrected chi connectivity index (χ0v) is 13.5. The van der Waals surface area contributed by atoms with Crippen LogP contribution in [0, 0.1) is 12.8 Å². The molecule has 0 unspecified atom stereocenters. The molecule has 108 valence electrons. The third kappa shape index (κ3) is 3.96. The minimum absolute atomic E-state index is 0.132. The number of hydrogen-bond donors (Lipinski definition) is 1. The lowest BCUT2D eigenvalue weighted by molar-refractivity contribution is 0.0645. The van der Waals surface area contributed by atoms with E-state index in [1.165, 1.54) is 11.3 Å². The van der Waals surface area contributed by atoms with Crippen molar-refractivity contribution in [3.8, 4) is 0 Å². The van der Waals surface area contributed by atoms with Gasteiger partial charge < -0.3 is 10.6 Å². The highest BCUT2D eigenvalue weighted by atomic mass is 32.1. The van der Waals surface area contributed by atoms with Gasteiger partial charge in [-0.25, -0.2) is 0 Å². The molecule has 0 bridgehead atoms. The maximum atomic E-state index is 12.7. The van der Waals surface area contributed by atoms with Crippen molar-refractivity contribution in [2.75, 3.05) is 12.3 Å². The molecule has 0 saturated carbocycles. The Morgan fingerprint density at radius 2 is 1.95 bits per heavy atom. The summed E-state index contributed by atoms with van der Waals surface area (Å²) in [4.78, 5) is 16.5. The number of amides is 1. The number of nitrogens with two attached hydrogens (primary N) is 1. The number of nitrogens with zero attached hydrogens (tertiary/aromatic N) is 1. The predicted molar refractivity (Wildman–Crippen MR) is 83.7 cm³/mol. The first kappa shape index (κ1) is 16.0. The minimum atomic E-state index is 0.132. The highest BCUT2D eigenvalue weighted by Gasteiger charge is 2.24. The van der Waals surface area contributed by atoms with E-state index < -0.39 is 0 Å². The Morgan fingerprint density at radius 3 is 2.32 bits per heavy atom. The molecule has 0 fully saturated rings. The number of thiophene rings is 1. The van der Waals surface area contributed by atoms with Gasteiger partial charge in [0.2, 0.25) is 0 Å². The van der Waals surface area contributed by atoms with E-state index in [4.69, 9.17) is 5.73 Å². The first-order chi connectivity index (χ1) is 8.90. The lowest BCUT2D eigenvalue weighted by atomic mass is 10.1. The predicted octanol–water partition coefficient (Wildman–Crippen LogP) is 3.93. The van der Waals surface area contributed by atoms with Crippen molar-refractivity contribution in [1.29, 1.82) is 0 Å². The molecule has 0 spiro atoms. The summed E-state index contributed by atoms with van der Waals surface area (Å²) >= 11 is 1.50. The largest absolute Gasteiger partial charge is 0.398 e. The van der Waals surface area contributed by atoms with Gasteiger partial charge in [-0.05, 0) is 31.7 Å². The molecule has 0 aliphatic carbocycles.